The van der Waals surface area contributed by atoms with E-state index >= 15 is 0 Å². The van der Waals surface area contributed by atoms with Gasteiger partial charge < -0.3 is 11.5 Å². The van der Waals surface area contributed by atoms with Gasteiger partial charge in [0.25, 0.3) is 0 Å². The third-order valence-electron chi connectivity index (χ3n) is 2.36. The summed E-state index contributed by atoms with van der Waals surface area (Å²) < 4.78 is 0. The molecule has 0 saturated heterocycles. The Morgan fingerprint density at radius 2 is 2.27 bits per heavy atom. The maximum atomic E-state index is 5.83. The Morgan fingerprint density at radius 1 is 1.45 bits per heavy atom. The maximum Gasteiger partial charge on any atom is 0.154 e. The normalized spacial score (nSPS) is 43.4. The van der Waals surface area contributed by atoms with E-state index in [4.69, 9.17) is 11.5 Å². The SMILES string of the molecule is NC1=NC2CC[C@H](N)CC2S1. The largest absolute Gasteiger partial charge is 0.379 e. The highest BCUT2D eigenvalue weighted by Crippen LogP contribution is 2.35. The molecule has 1 saturated carbocycles. The minimum Gasteiger partial charge on any atom is -0.379 e. The van der Waals surface area contributed by atoms with Crippen LogP contribution in [0.1, 0.15) is 19.3 Å². The van der Waals surface area contributed by atoms with Crippen molar-refractivity contribution >= 4 is 16.9 Å². The quantitative estimate of drug-likeness (QED) is 0.551. The lowest BCUT2D eigenvalue weighted by Gasteiger charge is -2.26. The van der Waals surface area contributed by atoms with Crippen molar-refractivity contribution in [2.45, 2.75) is 36.6 Å². The number of nitrogens with two attached hydrogens (primary N) is 2. The van der Waals surface area contributed by atoms with Crippen molar-refractivity contribution in [1.29, 1.82) is 0 Å². The zero-order valence-corrected chi connectivity index (χ0v) is 7.18. The summed E-state index contributed by atoms with van der Waals surface area (Å²) >= 11 is 1.70. The van der Waals surface area contributed by atoms with Crippen molar-refractivity contribution in [2.75, 3.05) is 0 Å². The van der Waals surface area contributed by atoms with E-state index < -0.39 is 0 Å². The van der Waals surface area contributed by atoms with E-state index in [1.807, 2.05) is 0 Å². The molecule has 1 aliphatic heterocycles. The fraction of sp³-hybridized carbons (Fsp3) is 0.857. The molecule has 1 aliphatic carbocycles. The molecular weight excluding hydrogens is 158 g/mol. The average molecular weight is 171 g/mol. The van der Waals surface area contributed by atoms with Crippen molar-refractivity contribution < 1.29 is 0 Å². The molecule has 2 rings (SSSR count). The molecule has 4 heteroatoms. The van der Waals surface area contributed by atoms with Crippen LogP contribution in [0, 0.1) is 0 Å². The number of fused-ring (bicyclic) bond motifs is 1. The monoisotopic (exact) mass is 171 g/mol. The number of nitrogens with zero attached hydrogens (tertiary/aromatic N) is 1. The van der Waals surface area contributed by atoms with E-state index in [2.05, 4.69) is 4.99 Å². The highest BCUT2D eigenvalue weighted by molar-refractivity contribution is 8.14. The minimum absolute atomic E-state index is 0.379. The van der Waals surface area contributed by atoms with Crippen LogP contribution in [0.3, 0.4) is 0 Å². The maximum absolute atomic E-state index is 5.83. The van der Waals surface area contributed by atoms with Crippen LogP contribution in [-0.2, 0) is 0 Å². The molecule has 1 heterocycles. The molecule has 0 aromatic carbocycles. The summed E-state index contributed by atoms with van der Waals surface area (Å²) in [5.41, 5.74) is 11.4. The molecule has 1 fully saturated rings. The van der Waals surface area contributed by atoms with Gasteiger partial charge >= 0.3 is 0 Å². The highest BCUT2D eigenvalue weighted by atomic mass is 32.2. The summed E-state index contributed by atoms with van der Waals surface area (Å²) in [7, 11) is 0. The van der Waals surface area contributed by atoms with Crippen molar-refractivity contribution in [3.8, 4) is 0 Å². The molecule has 0 aromatic heterocycles. The number of thioether (sulfide) groups is 1. The Labute approximate surface area is 70.6 Å². The van der Waals surface area contributed by atoms with Gasteiger partial charge in [0.05, 0.1) is 6.04 Å². The molecule has 11 heavy (non-hydrogen) atoms. The Hall–Kier alpha value is -0.220. The molecule has 3 nitrogen and oxygen atoms in total. The van der Waals surface area contributed by atoms with Crippen LogP contribution in [-0.4, -0.2) is 22.5 Å². The average Bonchev–Trinajstić information content (AvgIpc) is 2.27. The number of rotatable bonds is 0. The first-order valence-electron chi connectivity index (χ1n) is 4.01. The van der Waals surface area contributed by atoms with E-state index in [1.54, 1.807) is 11.8 Å². The van der Waals surface area contributed by atoms with Gasteiger partial charge in [-0.3, -0.25) is 4.99 Å². The van der Waals surface area contributed by atoms with Crippen LogP contribution in [0.4, 0.5) is 0 Å². The van der Waals surface area contributed by atoms with Gasteiger partial charge in [0.2, 0.25) is 0 Å². The van der Waals surface area contributed by atoms with Crippen molar-refractivity contribution in [1.82, 2.24) is 0 Å². The lowest BCUT2D eigenvalue weighted by Crippen LogP contribution is -2.35. The molecular formula is C7H13N3S. The smallest absolute Gasteiger partial charge is 0.154 e. The molecule has 2 aliphatic rings. The van der Waals surface area contributed by atoms with Gasteiger partial charge in [-0.1, -0.05) is 11.8 Å². The summed E-state index contributed by atoms with van der Waals surface area (Å²) in [4.78, 5) is 4.35. The van der Waals surface area contributed by atoms with Gasteiger partial charge in [-0.05, 0) is 19.3 Å². The lowest BCUT2D eigenvalue weighted by molar-refractivity contribution is 0.412. The Bertz CT molecular complexity index is 192. The van der Waals surface area contributed by atoms with E-state index in [9.17, 15) is 0 Å². The van der Waals surface area contributed by atoms with E-state index in [0.717, 1.165) is 24.4 Å². The molecule has 0 radical (unpaired) electrons. The molecule has 0 spiro atoms. The summed E-state index contributed by atoms with van der Waals surface area (Å²) in [6, 6.07) is 0.852. The second-order valence-electron chi connectivity index (χ2n) is 3.26. The Kier molecular flexibility index (Phi) is 1.81. The van der Waals surface area contributed by atoms with Crippen LogP contribution in [0.2, 0.25) is 0 Å². The summed E-state index contributed by atoms with van der Waals surface area (Å²) in [5.74, 6) is 0. The van der Waals surface area contributed by atoms with Crippen LogP contribution >= 0.6 is 11.8 Å². The Balaban J connectivity index is 2.03. The third-order valence-corrected chi connectivity index (χ3v) is 3.52. The van der Waals surface area contributed by atoms with Crippen molar-refractivity contribution in [3.63, 3.8) is 0 Å². The van der Waals surface area contributed by atoms with E-state index in [-0.39, 0.29) is 0 Å². The minimum atomic E-state index is 0.379. The lowest BCUT2D eigenvalue weighted by atomic mass is 9.92. The standard InChI is InChI=1S/C7H13N3S/c8-4-1-2-5-6(3-4)11-7(9)10-5/h4-6H,1-3,8H2,(H2,9,10)/t4-,5?,6?/m0/s1. The van der Waals surface area contributed by atoms with Gasteiger partial charge in [-0.2, -0.15) is 0 Å². The first-order valence-corrected chi connectivity index (χ1v) is 4.89. The fourth-order valence-electron chi connectivity index (χ4n) is 1.77. The van der Waals surface area contributed by atoms with Crippen LogP contribution < -0.4 is 11.5 Å². The van der Waals surface area contributed by atoms with Gasteiger partial charge in [0, 0.05) is 11.3 Å². The molecule has 0 amide bonds. The topological polar surface area (TPSA) is 64.4 Å². The molecule has 3 atom stereocenters. The van der Waals surface area contributed by atoms with Crippen LogP contribution in [0.25, 0.3) is 0 Å². The summed E-state index contributed by atoms with van der Waals surface area (Å²) in [6.45, 7) is 0. The molecule has 62 valence electrons. The Morgan fingerprint density at radius 3 is 3.09 bits per heavy atom. The zero-order chi connectivity index (χ0) is 7.84. The predicted octanol–water partition coefficient (Wildman–Crippen LogP) is 0.296. The van der Waals surface area contributed by atoms with Crippen LogP contribution in [0.15, 0.2) is 4.99 Å². The molecule has 4 N–H and O–H groups in total. The summed E-state index contributed by atoms with van der Waals surface area (Å²) in [6.07, 6.45) is 3.32. The van der Waals surface area contributed by atoms with E-state index in [1.165, 1.54) is 0 Å². The highest BCUT2D eigenvalue weighted by Gasteiger charge is 2.33. The number of amidine groups is 1. The fourth-order valence-corrected chi connectivity index (χ4v) is 2.97. The number of hydrogen-bond donors (Lipinski definition) is 2. The van der Waals surface area contributed by atoms with Crippen molar-refractivity contribution in [3.05, 3.63) is 0 Å². The third kappa shape index (κ3) is 1.37. The van der Waals surface area contributed by atoms with Gasteiger partial charge in [0.1, 0.15) is 0 Å². The first kappa shape index (κ1) is 7.43. The zero-order valence-electron chi connectivity index (χ0n) is 6.36. The second-order valence-corrected chi connectivity index (χ2v) is 4.52. The molecule has 0 aromatic rings. The van der Waals surface area contributed by atoms with E-state index in [0.29, 0.717) is 17.3 Å². The summed E-state index contributed by atoms with van der Waals surface area (Å²) in [5, 5.41) is 1.34. The van der Waals surface area contributed by atoms with Gasteiger partial charge in [-0.15, -0.1) is 0 Å². The molecule has 0 bridgehead atoms. The van der Waals surface area contributed by atoms with Gasteiger partial charge in [-0.25, -0.2) is 0 Å². The van der Waals surface area contributed by atoms with Crippen molar-refractivity contribution in [2.24, 2.45) is 16.5 Å². The number of aliphatic imine (C=N–C) groups is 1. The molecule has 2 unspecified atom stereocenters. The number of hydrogen-bond acceptors (Lipinski definition) is 4. The van der Waals surface area contributed by atoms with Crippen LogP contribution in [0.5, 0.6) is 0 Å². The predicted molar refractivity (Wildman–Crippen MR) is 48.6 cm³/mol. The first-order chi connectivity index (χ1) is 5.25. The second kappa shape index (κ2) is 2.68. The van der Waals surface area contributed by atoms with Gasteiger partial charge in [0.15, 0.2) is 5.17 Å².